The molecule has 2 aliphatic rings. The molecule has 8 heteroatoms. The van der Waals surface area contributed by atoms with Gasteiger partial charge >= 0.3 is 0 Å². The van der Waals surface area contributed by atoms with Crippen LogP contribution in [0, 0.1) is 11.8 Å². The van der Waals surface area contributed by atoms with Gasteiger partial charge in [-0.3, -0.25) is 14.6 Å². The smallest absolute Gasteiger partial charge is 0.227 e. The molecule has 0 bridgehead atoms. The van der Waals surface area contributed by atoms with Crippen LogP contribution in [0.5, 0.6) is 5.75 Å². The number of β-amino-alcohol motifs (C(OH)–C–C–N with tert-alkyl or cyclic N) is 1. The van der Waals surface area contributed by atoms with Gasteiger partial charge in [0.2, 0.25) is 11.8 Å². The highest BCUT2D eigenvalue weighted by molar-refractivity contribution is 5.94. The molecule has 3 N–H and O–H groups in total. The number of nitrogens with one attached hydrogen (secondary N) is 2. The number of ether oxygens (including phenoxy) is 1. The van der Waals surface area contributed by atoms with Crippen LogP contribution in [0.15, 0.2) is 42.7 Å². The van der Waals surface area contributed by atoms with Crippen molar-refractivity contribution in [2.45, 2.75) is 38.8 Å². The molecular formula is C25H32N4O4. The topological polar surface area (TPSA) is 104 Å². The predicted octanol–water partition coefficient (Wildman–Crippen LogP) is 1.98. The monoisotopic (exact) mass is 452 g/mol. The Morgan fingerprint density at radius 1 is 1.24 bits per heavy atom. The quantitative estimate of drug-likeness (QED) is 0.566. The number of amides is 2. The molecule has 4 rings (SSSR count). The Kier molecular flexibility index (Phi) is 7.57. The zero-order valence-electron chi connectivity index (χ0n) is 19.0. The average molecular weight is 453 g/mol. The molecule has 0 radical (unpaired) electrons. The molecule has 2 atom stereocenters. The third kappa shape index (κ3) is 6.30. The van der Waals surface area contributed by atoms with Crippen molar-refractivity contribution in [3.8, 4) is 5.75 Å². The Hall–Kier alpha value is -2.97. The number of aliphatic hydroxyl groups is 1. The minimum Gasteiger partial charge on any atom is -0.488 e. The van der Waals surface area contributed by atoms with Crippen molar-refractivity contribution in [1.82, 2.24) is 15.2 Å². The van der Waals surface area contributed by atoms with E-state index in [9.17, 15) is 14.7 Å². The largest absolute Gasteiger partial charge is 0.488 e. The lowest BCUT2D eigenvalue weighted by Crippen LogP contribution is -2.43. The van der Waals surface area contributed by atoms with Crippen molar-refractivity contribution in [3.63, 3.8) is 0 Å². The summed E-state index contributed by atoms with van der Waals surface area (Å²) in [6.45, 7) is 4.05. The van der Waals surface area contributed by atoms with Crippen LogP contribution in [0.2, 0.25) is 0 Å². The van der Waals surface area contributed by atoms with Crippen LogP contribution in [-0.2, 0) is 22.6 Å². The highest BCUT2D eigenvalue weighted by Gasteiger charge is 2.31. The van der Waals surface area contributed by atoms with Gasteiger partial charge in [-0.25, -0.2) is 0 Å². The summed E-state index contributed by atoms with van der Waals surface area (Å²) in [5, 5.41) is 15.9. The summed E-state index contributed by atoms with van der Waals surface area (Å²) < 4.78 is 6.43. The summed E-state index contributed by atoms with van der Waals surface area (Å²) in [6, 6.07) is 9.44. The van der Waals surface area contributed by atoms with Crippen molar-refractivity contribution in [2.75, 3.05) is 31.6 Å². The second-order valence-electron chi connectivity index (χ2n) is 8.95. The molecule has 0 saturated heterocycles. The maximum Gasteiger partial charge on any atom is 0.227 e. The summed E-state index contributed by atoms with van der Waals surface area (Å²) in [7, 11) is 0. The number of hydrogen-bond donors (Lipinski definition) is 3. The molecule has 2 amide bonds. The predicted molar refractivity (Wildman–Crippen MR) is 125 cm³/mol. The van der Waals surface area contributed by atoms with Crippen molar-refractivity contribution in [3.05, 3.63) is 53.9 Å². The first kappa shape index (κ1) is 23.2. The number of carbonyl (C=O) groups is 2. The maximum absolute atomic E-state index is 13.0. The zero-order chi connectivity index (χ0) is 23.2. The Labute approximate surface area is 194 Å². The van der Waals surface area contributed by atoms with E-state index in [1.165, 1.54) is 0 Å². The van der Waals surface area contributed by atoms with Gasteiger partial charge in [0, 0.05) is 61.7 Å². The summed E-state index contributed by atoms with van der Waals surface area (Å²) in [4.78, 5) is 31.0. The number of hydrogen-bond acceptors (Lipinski definition) is 6. The van der Waals surface area contributed by atoms with Crippen molar-refractivity contribution >= 4 is 17.5 Å². The molecule has 1 fully saturated rings. The SMILES string of the molecule is C[C@@H]1CN(CCO)C(=O)Cc2cc(NC(=O)C3CC3)ccc2O[C@H]1CNCc1ccncc1. The number of pyridine rings is 1. The highest BCUT2D eigenvalue weighted by Crippen LogP contribution is 2.32. The van der Waals surface area contributed by atoms with Gasteiger partial charge in [-0.1, -0.05) is 6.92 Å². The molecule has 1 aliphatic carbocycles. The van der Waals surface area contributed by atoms with E-state index in [4.69, 9.17) is 4.74 Å². The Bertz CT molecular complexity index is 964. The number of carbonyl (C=O) groups excluding carboxylic acids is 2. The molecule has 176 valence electrons. The van der Waals surface area contributed by atoms with E-state index < -0.39 is 0 Å². The van der Waals surface area contributed by atoms with Crippen LogP contribution < -0.4 is 15.4 Å². The van der Waals surface area contributed by atoms with Gasteiger partial charge in [-0.05, 0) is 48.7 Å². The van der Waals surface area contributed by atoms with Crippen LogP contribution in [0.3, 0.4) is 0 Å². The fraction of sp³-hybridized carbons (Fsp3) is 0.480. The molecule has 2 aromatic rings. The Morgan fingerprint density at radius 2 is 2.03 bits per heavy atom. The maximum atomic E-state index is 13.0. The van der Waals surface area contributed by atoms with Crippen LogP contribution in [0.4, 0.5) is 5.69 Å². The molecule has 1 aromatic carbocycles. The van der Waals surface area contributed by atoms with E-state index in [0.29, 0.717) is 31.1 Å². The van der Waals surface area contributed by atoms with Gasteiger partial charge in [-0.2, -0.15) is 0 Å². The van der Waals surface area contributed by atoms with Gasteiger partial charge in [-0.15, -0.1) is 0 Å². The van der Waals surface area contributed by atoms with E-state index in [1.807, 2.05) is 30.3 Å². The summed E-state index contributed by atoms with van der Waals surface area (Å²) >= 11 is 0. The fourth-order valence-electron chi connectivity index (χ4n) is 4.06. The molecular weight excluding hydrogens is 420 g/mol. The number of benzene rings is 1. The number of anilines is 1. The minimum absolute atomic E-state index is 0.0268. The lowest BCUT2D eigenvalue weighted by atomic mass is 10.0. The first-order valence-electron chi connectivity index (χ1n) is 11.6. The molecule has 2 heterocycles. The number of aromatic nitrogens is 1. The summed E-state index contributed by atoms with van der Waals surface area (Å²) in [5.74, 6) is 0.771. The van der Waals surface area contributed by atoms with Crippen molar-refractivity contribution in [1.29, 1.82) is 0 Å². The number of rotatable bonds is 8. The molecule has 0 unspecified atom stereocenters. The van der Waals surface area contributed by atoms with E-state index in [2.05, 4.69) is 22.5 Å². The van der Waals surface area contributed by atoms with Crippen LogP contribution in [0.1, 0.15) is 30.9 Å². The van der Waals surface area contributed by atoms with Gasteiger partial charge in [0.25, 0.3) is 0 Å². The molecule has 1 saturated carbocycles. The van der Waals surface area contributed by atoms with Crippen molar-refractivity contribution < 1.29 is 19.4 Å². The first-order chi connectivity index (χ1) is 16.0. The van der Waals surface area contributed by atoms with E-state index in [1.54, 1.807) is 17.3 Å². The van der Waals surface area contributed by atoms with Gasteiger partial charge in [0.1, 0.15) is 11.9 Å². The third-order valence-corrected chi connectivity index (χ3v) is 6.19. The van der Waals surface area contributed by atoms with Gasteiger partial charge < -0.3 is 25.4 Å². The van der Waals surface area contributed by atoms with Crippen molar-refractivity contribution in [2.24, 2.45) is 11.8 Å². The number of aliphatic hydroxyl groups excluding tert-OH is 1. The third-order valence-electron chi connectivity index (χ3n) is 6.19. The zero-order valence-corrected chi connectivity index (χ0v) is 19.0. The Morgan fingerprint density at radius 3 is 2.76 bits per heavy atom. The standard InChI is InChI=1S/C25H32N4O4/c1-17-16-29(10-11-30)24(31)13-20-12-21(28-25(32)19-2-3-19)4-5-22(20)33-23(17)15-27-14-18-6-8-26-9-7-18/h4-9,12,17,19,23,27,30H,2-3,10-11,13-16H2,1H3,(H,28,32)/t17-,23+/m1/s1. The number of nitrogens with zero attached hydrogens (tertiary/aromatic N) is 2. The molecule has 0 spiro atoms. The Balaban J connectivity index is 1.52. The first-order valence-corrected chi connectivity index (χ1v) is 11.6. The second kappa shape index (κ2) is 10.8. The molecule has 1 aliphatic heterocycles. The lowest BCUT2D eigenvalue weighted by molar-refractivity contribution is -0.131. The fourth-order valence-corrected chi connectivity index (χ4v) is 4.06. The second-order valence-corrected chi connectivity index (χ2v) is 8.95. The summed E-state index contributed by atoms with van der Waals surface area (Å²) in [5.41, 5.74) is 2.55. The van der Waals surface area contributed by atoms with Crippen LogP contribution >= 0.6 is 0 Å². The van der Waals surface area contributed by atoms with Crippen LogP contribution in [-0.4, -0.2) is 59.1 Å². The minimum atomic E-state index is -0.176. The lowest BCUT2D eigenvalue weighted by Gasteiger charge is -2.29. The van der Waals surface area contributed by atoms with Gasteiger partial charge in [0.15, 0.2) is 0 Å². The van der Waals surface area contributed by atoms with Crippen LogP contribution in [0.25, 0.3) is 0 Å². The number of fused-ring (bicyclic) bond motifs is 1. The van der Waals surface area contributed by atoms with Gasteiger partial charge in [0.05, 0.1) is 13.0 Å². The average Bonchev–Trinajstić information content (AvgIpc) is 3.65. The highest BCUT2D eigenvalue weighted by atomic mass is 16.5. The molecule has 8 nitrogen and oxygen atoms in total. The summed E-state index contributed by atoms with van der Waals surface area (Å²) in [6.07, 6.45) is 5.38. The van der Waals surface area contributed by atoms with E-state index in [-0.39, 0.29) is 49.3 Å². The van der Waals surface area contributed by atoms with E-state index in [0.717, 1.165) is 24.0 Å². The molecule has 1 aromatic heterocycles. The normalized spacial score (nSPS) is 20.8. The molecule has 33 heavy (non-hydrogen) atoms. The van der Waals surface area contributed by atoms with E-state index >= 15 is 0 Å².